The van der Waals surface area contributed by atoms with Gasteiger partial charge in [0.25, 0.3) is 0 Å². The molecule has 1 saturated heterocycles. The number of likely N-dealkylation sites (tertiary alicyclic amines) is 1. The molecule has 1 N–H and O–H groups in total. The number of piperidine rings is 1. The molecule has 0 aliphatic carbocycles. The van der Waals surface area contributed by atoms with E-state index < -0.39 is 0 Å². The Morgan fingerprint density at radius 2 is 2.00 bits per heavy atom. The van der Waals surface area contributed by atoms with Crippen molar-refractivity contribution >= 4 is 5.91 Å². The van der Waals surface area contributed by atoms with Gasteiger partial charge in [0.05, 0.1) is 5.60 Å². The maximum absolute atomic E-state index is 12.1. The Bertz CT molecular complexity index is 297. The summed E-state index contributed by atoms with van der Waals surface area (Å²) in [6.07, 6.45) is 3.85. The number of rotatable bonds is 7. The predicted octanol–water partition coefficient (Wildman–Crippen LogP) is 2.43. The van der Waals surface area contributed by atoms with Crippen LogP contribution in [0.5, 0.6) is 0 Å². The second-order valence-electron chi connectivity index (χ2n) is 6.84. The summed E-state index contributed by atoms with van der Waals surface area (Å²) in [5.41, 5.74) is -0.112. The van der Waals surface area contributed by atoms with Crippen LogP contribution in [0, 0.1) is 5.92 Å². The lowest BCUT2D eigenvalue weighted by atomic mass is 9.99. The Labute approximate surface area is 124 Å². The Morgan fingerprint density at radius 1 is 1.40 bits per heavy atom. The molecule has 0 aromatic heterocycles. The van der Waals surface area contributed by atoms with Crippen molar-refractivity contribution in [1.82, 2.24) is 10.2 Å². The molecule has 1 amide bonds. The van der Waals surface area contributed by atoms with Gasteiger partial charge in [-0.2, -0.15) is 0 Å². The van der Waals surface area contributed by atoms with E-state index in [0.717, 1.165) is 44.8 Å². The van der Waals surface area contributed by atoms with E-state index >= 15 is 0 Å². The first kappa shape index (κ1) is 17.4. The van der Waals surface area contributed by atoms with Crippen molar-refractivity contribution in [3.63, 3.8) is 0 Å². The fourth-order valence-electron chi connectivity index (χ4n) is 2.73. The van der Waals surface area contributed by atoms with Crippen LogP contribution < -0.4 is 5.32 Å². The summed E-state index contributed by atoms with van der Waals surface area (Å²) in [5, 5.41) is 3.42. The van der Waals surface area contributed by atoms with Crippen molar-refractivity contribution in [2.75, 3.05) is 26.7 Å². The zero-order chi connectivity index (χ0) is 15.2. The number of carbonyl (C=O) groups excluding carboxylic acids is 1. The Morgan fingerprint density at radius 3 is 2.55 bits per heavy atom. The van der Waals surface area contributed by atoms with Gasteiger partial charge in [0.1, 0.15) is 0 Å². The van der Waals surface area contributed by atoms with E-state index in [4.69, 9.17) is 4.74 Å². The molecule has 1 atom stereocenters. The van der Waals surface area contributed by atoms with Gasteiger partial charge in [0, 0.05) is 39.2 Å². The highest BCUT2D eigenvalue weighted by atomic mass is 16.5. The van der Waals surface area contributed by atoms with Crippen LogP contribution in [0.3, 0.4) is 0 Å². The number of ether oxygens (including phenoxy) is 1. The Balaban J connectivity index is 2.18. The number of methoxy groups -OCH3 is 1. The van der Waals surface area contributed by atoms with Crippen LogP contribution in [-0.2, 0) is 9.53 Å². The van der Waals surface area contributed by atoms with E-state index in [1.54, 1.807) is 7.11 Å². The van der Waals surface area contributed by atoms with Crippen LogP contribution in [0.2, 0.25) is 0 Å². The lowest BCUT2D eigenvalue weighted by molar-refractivity contribution is -0.132. The van der Waals surface area contributed by atoms with Gasteiger partial charge in [-0.05, 0) is 46.0 Å². The molecular weight excluding hydrogens is 252 g/mol. The van der Waals surface area contributed by atoms with Crippen LogP contribution in [0.25, 0.3) is 0 Å². The molecule has 4 heteroatoms. The quantitative estimate of drug-likeness (QED) is 0.780. The fraction of sp³-hybridized carbons (Fsp3) is 0.938. The lowest BCUT2D eigenvalue weighted by Gasteiger charge is -2.31. The van der Waals surface area contributed by atoms with Crippen molar-refractivity contribution in [2.45, 2.75) is 65.0 Å². The highest BCUT2D eigenvalue weighted by Gasteiger charge is 2.21. The number of carbonyl (C=O) groups is 1. The van der Waals surface area contributed by atoms with Gasteiger partial charge >= 0.3 is 0 Å². The van der Waals surface area contributed by atoms with Gasteiger partial charge < -0.3 is 15.0 Å². The molecule has 0 bridgehead atoms. The standard InChI is InChI=1S/C16H32N2O2/c1-13-7-10-18(11-8-13)15(19)6-9-17-14(2)12-16(3,4)20-5/h13-14,17H,6-12H2,1-5H3/t14-/m0/s1. The van der Waals surface area contributed by atoms with E-state index in [-0.39, 0.29) is 5.60 Å². The van der Waals surface area contributed by atoms with Gasteiger partial charge in [0.2, 0.25) is 5.91 Å². The molecule has 20 heavy (non-hydrogen) atoms. The van der Waals surface area contributed by atoms with E-state index in [2.05, 4.69) is 33.0 Å². The first-order chi connectivity index (χ1) is 9.34. The summed E-state index contributed by atoms with van der Waals surface area (Å²) >= 11 is 0. The van der Waals surface area contributed by atoms with Crippen LogP contribution in [0.4, 0.5) is 0 Å². The zero-order valence-electron chi connectivity index (χ0n) is 13.9. The van der Waals surface area contributed by atoms with Crippen LogP contribution in [0.15, 0.2) is 0 Å². The summed E-state index contributed by atoms with van der Waals surface area (Å²) in [6, 6.07) is 0.360. The Hall–Kier alpha value is -0.610. The molecule has 0 aromatic rings. The third-order valence-corrected chi connectivity index (χ3v) is 4.32. The average molecular weight is 284 g/mol. The summed E-state index contributed by atoms with van der Waals surface area (Å²) < 4.78 is 5.43. The van der Waals surface area contributed by atoms with E-state index in [1.165, 1.54) is 0 Å². The van der Waals surface area contributed by atoms with Crippen molar-refractivity contribution in [2.24, 2.45) is 5.92 Å². The van der Waals surface area contributed by atoms with Crippen LogP contribution in [0.1, 0.15) is 53.4 Å². The summed E-state index contributed by atoms with van der Waals surface area (Å²) in [5.74, 6) is 1.07. The van der Waals surface area contributed by atoms with Gasteiger partial charge in [-0.25, -0.2) is 0 Å². The van der Waals surface area contributed by atoms with Crippen LogP contribution >= 0.6 is 0 Å². The highest BCUT2D eigenvalue weighted by molar-refractivity contribution is 5.76. The van der Waals surface area contributed by atoms with Gasteiger partial charge in [-0.1, -0.05) is 6.92 Å². The van der Waals surface area contributed by atoms with Crippen molar-refractivity contribution in [1.29, 1.82) is 0 Å². The maximum atomic E-state index is 12.1. The van der Waals surface area contributed by atoms with Crippen molar-refractivity contribution in [3.05, 3.63) is 0 Å². The van der Waals surface area contributed by atoms with Crippen LogP contribution in [-0.4, -0.2) is 49.2 Å². The third-order valence-electron chi connectivity index (χ3n) is 4.32. The fourth-order valence-corrected chi connectivity index (χ4v) is 2.73. The molecular formula is C16H32N2O2. The summed E-state index contributed by atoms with van der Waals surface area (Å²) in [6.45, 7) is 11.2. The molecule has 1 fully saturated rings. The molecule has 0 aromatic carbocycles. The molecule has 0 saturated carbocycles. The first-order valence-corrected chi connectivity index (χ1v) is 7.90. The largest absolute Gasteiger partial charge is 0.379 e. The SMILES string of the molecule is COC(C)(C)C[C@H](C)NCCC(=O)N1CCC(C)CC1. The molecule has 1 heterocycles. The van der Waals surface area contributed by atoms with Crippen molar-refractivity contribution < 1.29 is 9.53 Å². The number of nitrogens with one attached hydrogen (secondary N) is 1. The summed E-state index contributed by atoms with van der Waals surface area (Å²) in [4.78, 5) is 14.1. The Kier molecular flexibility index (Phi) is 6.96. The minimum Gasteiger partial charge on any atom is -0.379 e. The van der Waals surface area contributed by atoms with Gasteiger partial charge in [-0.15, -0.1) is 0 Å². The summed E-state index contributed by atoms with van der Waals surface area (Å²) in [7, 11) is 1.74. The number of nitrogens with zero attached hydrogens (tertiary/aromatic N) is 1. The smallest absolute Gasteiger partial charge is 0.223 e. The molecule has 0 spiro atoms. The molecule has 1 rings (SSSR count). The molecule has 118 valence electrons. The van der Waals surface area contributed by atoms with Crippen molar-refractivity contribution in [3.8, 4) is 0 Å². The van der Waals surface area contributed by atoms with E-state index in [0.29, 0.717) is 18.4 Å². The minimum absolute atomic E-state index is 0.112. The second kappa shape index (κ2) is 7.99. The third kappa shape index (κ3) is 6.23. The van der Waals surface area contributed by atoms with E-state index in [9.17, 15) is 4.79 Å². The molecule has 1 aliphatic heterocycles. The minimum atomic E-state index is -0.112. The first-order valence-electron chi connectivity index (χ1n) is 7.90. The lowest BCUT2D eigenvalue weighted by Crippen LogP contribution is -2.41. The monoisotopic (exact) mass is 284 g/mol. The number of hydrogen-bond acceptors (Lipinski definition) is 3. The average Bonchev–Trinajstić information content (AvgIpc) is 2.38. The van der Waals surface area contributed by atoms with Gasteiger partial charge in [0.15, 0.2) is 0 Å². The maximum Gasteiger partial charge on any atom is 0.223 e. The highest BCUT2D eigenvalue weighted by Crippen LogP contribution is 2.17. The molecule has 4 nitrogen and oxygen atoms in total. The number of amides is 1. The second-order valence-corrected chi connectivity index (χ2v) is 6.84. The molecule has 0 unspecified atom stereocenters. The topological polar surface area (TPSA) is 41.6 Å². The molecule has 0 radical (unpaired) electrons. The predicted molar refractivity (Wildman–Crippen MR) is 82.8 cm³/mol. The van der Waals surface area contributed by atoms with Gasteiger partial charge in [-0.3, -0.25) is 4.79 Å². The molecule has 1 aliphatic rings. The van der Waals surface area contributed by atoms with E-state index in [1.807, 2.05) is 4.90 Å². The number of hydrogen-bond donors (Lipinski definition) is 1. The zero-order valence-corrected chi connectivity index (χ0v) is 13.9. The normalized spacial score (nSPS) is 19.1.